The molecular formula is C19H21N5OS. The fraction of sp³-hybridized carbons (Fsp3) is 0.263. The first-order valence-electron chi connectivity index (χ1n) is 8.66. The molecule has 0 aliphatic carbocycles. The molecule has 6 nitrogen and oxygen atoms in total. The van der Waals surface area contributed by atoms with Crippen LogP contribution in [0.3, 0.4) is 0 Å². The Hall–Kier alpha value is -2.80. The first-order chi connectivity index (χ1) is 12.7. The molecule has 1 aromatic carbocycles. The summed E-state index contributed by atoms with van der Waals surface area (Å²) in [4.78, 5) is 12.0. The normalized spacial score (nSPS) is 11.1. The lowest BCUT2D eigenvalue weighted by Gasteiger charge is -1.98. The predicted molar refractivity (Wildman–Crippen MR) is 104 cm³/mol. The Balaban J connectivity index is 1.54. The van der Waals surface area contributed by atoms with E-state index in [1.54, 1.807) is 17.0 Å². The van der Waals surface area contributed by atoms with E-state index in [9.17, 15) is 4.79 Å². The minimum atomic E-state index is -0.228. The van der Waals surface area contributed by atoms with E-state index in [0.29, 0.717) is 5.13 Å². The number of aromatic nitrogens is 4. The van der Waals surface area contributed by atoms with Gasteiger partial charge in [-0.2, -0.15) is 5.10 Å². The summed E-state index contributed by atoms with van der Waals surface area (Å²) in [6.45, 7) is 2.17. The summed E-state index contributed by atoms with van der Waals surface area (Å²) in [6, 6.07) is 9.82. The molecular weight excluding hydrogens is 346 g/mol. The summed E-state index contributed by atoms with van der Waals surface area (Å²) in [5.74, 6) is -0.228. The van der Waals surface area contributed by atoms with E-state index in [0.717, 1.165) is 29.1 Å². The van der Waals surface area contributed by atoms with Crippen LogP contribution in [0, 0.1) is 0 Å². The van der Waals surface area contributed by atoms with E-state index in [-0.39, 0.29) is 5.91 Å². The van der Waals surface area contributed by atoms with E-state index >= 15 is 0 Å². The van der Waals surface area contributed by atoms with Gasteiger partial charge in [-0.1, -0.05) is 49.3 Å². The molecule has 0 radical (unpaired) electrons. The van der Waals surface area contributed by atoms with Gasteiger partial charge in [0.1, 0.15) is 5.01 Å². The van der Waals surface area contributed by atoms with Crippen molar-refractivity contribution < 1.29 is 4.79 Å². The van der Waals surface area contributed by atoms with Gasteiger partial charge in [-0.3, -0.25) is 10.1 Å². The van der Waals surface area contributed by atoms with Gasteiger partial charge in [-0.05, 0) is 24.6 Å². The maximum Gasteiger partial charge on any atom is 0.250 e. The zero-order valence-corrected chi connectivity index (χ0v) is 15.4. The molecule has 0 unspecified atom stereocenters. The summed E-state index contributed by atoms with van der Waals surface area (Å²) >= 11 is 1.43. The van der Waals surface area contributed by atoms with Crippen molar-refractivity contribution in [2.75, 3.05) is 5.32 Å². The SMILES string of the molecule is CCCCCc1nnc(NC(=O)/C=C/c2cnn(-c3ccccc3)c2)s1. The van der Waals surface area contributed by atoms with Crippen LogP contribution in [0.2, 0.25) is 0 Å². The molecule has 0 fully saturated rings. The van der Waals surface area contributed by atoms with Gasteiger partial charge in [0.15, 0.2) is 0 Å². The molecule has 3 rings (SSSR count). The molecule has 0 aliphatic rings. The largest absolute Gasteiger partial charge is 0.297 e. The van der Waals surface area contributed by atoms with E-state index in [4.69, 9.17) is 0 Å². The molecule has 2 heterocycles. The van der Waals surface area contributed by atoms with Crippen molar-refractivity contribution in [3.8, 4) is 5.69 Å². The number of anilines is 1. The van der Waals surface area contributed by atoms with Gasteiger partial charge in [-0.15, -0.1) is 10.2 Å². The van der Waals surface area contributed by atoms with Crippen LogP contribution in [-0.2, 0) is 11.2 Å². The third kappa shape index (κ3) is 5.10. The Morgan fingerprint density at radius 1 is 1.23 bits per heavy atom. The fourth-order valence-corrected chi connectivity index (χ4v) is 3.18. The minimum Gasteiger partial charge on any atom is -0.297 e. The molecule has 0 aliphatic heterocycles. The van der Waals surface area contributed by atoms with Crippen LogP contribution in [0.25, 0.3) is 11.8 Å². The Morgan fingerprint density at radius 3 is 2.88 bits per heavy atom. The second-order valence-electron chi connectivity index (χ2n) is 5.83. The van der Waals surface area contributed by atoms with Crippen molar-refractivity contribution >= 4 is 28.5 Å². The van der Waals surface area contributed by atoms with E-state index < -0.39 is 0 Å². The topological polar surface area (TPSA) is 72.7 Å². The molecule has 26 heavy (non-hydrogen) atoms. The molecule has 0 bridgehead atoms. The average molecular weight is 367 g/mol. The van der Waals surface area contributed by atoms with Crippen LogP contribution < -0.4 is 5.32 Å². The summed E-state index contributed by atoms with van der Waals surface area (Å²) in [5, 5.41) is 16.7. The van der Waals surface area contributed by atoms with Gasteiger partial charge in [0.2, 0.25) is 11.0 Å². The number of nitrogens with one attached hydrogen (secondary N) is 1. The zero-order valence-electron chi connectivity index (χ0n) is 14.6. The van der Waals surface area contributed by atoms with Gasteiger partial charge in [0.25, 0.3) is 0 Å². The van der Waals surface area contributed by atoms with Gasteiger partial charge in [-0.25, -0.2) is 4.68 Å². The van der Waals surface area contributed by atoms with Crippen molar-refractivity contribution in [2.24, 2.45) is 0 Å². The Morgan fingerprint density at radius 2 is 2.08 bits per heavy atom. The van der Waals surface area contributed by atoms with Crippen LogP contribution in [0.1, 0.15) is 36.8 Å². The quantitative estimate of drug-likeness (QED) is 0.480. The number of aryl methyl sites for hydroxylation is 1. The smallest absolute Gasteiger partial charge is 0.250 e. The molecule has 134 valence electrons. The van der Waals surface area contributed by atoms with E-state index in [1.807, 2.05) is 36.5 Å². The fourth-order valence-electron chi connectivity index (χ4n) is 2.40. The monoisotopic (exact) mass is 367 g/mol. The number of hydrogen-bond donors (Lipinski definition) is 1. The lowest BCUT2D eigenvalue weighted by atomic mass is 10.2. The van der Waals surface area contributed by atoms with Crippen LogP contribution in [-0.4, -0.2) is 25.9 Å². The molecule has 1 amide bonds. The second-order valence-corrected chi connectivity index (χ2v) is 6.90. The van der Waals surface area contributed by atoms with Gasteiger partial charge >= 0.3 is 0 Å². The number of amides is 1. The molecule has 0 saturated heterocycles. The number of para-hydroxylation sites is 1. The van der Waals surface area contributed by atoms with Gasteiger partial charge in [0, 0.05) is 24.3 Å². The summed E-state index contributed by atoms with van der Waals surface area (Å²) < 4.78 is 1.77. The second kappa shape index (κ2) is 9.05. The predicted octanol–water partition coefficient (Wildman–Crippen LogP) is 4.11. The molecule has 7 heteroatoms. The highest BCUT2D eigenvalue weighted by atomic mass is 32.1. The van der Waals surface area contributed by atoms with Crippen LogP contribution in [0.5, 0.6) is 0 Å². The molecule has 3 aromatic rings. The number of benzene rings is 1. The highest BCUT2D eigenvalue weighted by Gasteiger charge is 2.06. The number of carbonyl (C=O) groups is 1. The molecule has 0 atom stereocenters. The molecule has 0 saturated carbocycles. The van der Waals surface area contributed by atoms with Crippen LogP contribution in [0.4, 0.5) is 5.13 Å². The number of unbranched alkanes of at least 4 members (excludes halogenated alkanes) is 2. The first kappa shape index (κ1) is 18.0. The minimum absolute atomic E-state index is 0.228. The Labute approximate surface area is 156 Å². The first-order valence-corrected chi connectivity index (χ1v) is 9.48. The van der Waals surface area contributed by atoms with Gasteiger partial charge in [0.05, 0.1) is 11.9 Å². The number of hydrogen-bond acceptors (Lipinski definition) is 5. The standard InChI is InChI=1S/C19H21N5OS/c1-2-3-5-10-18-22-23-19(26-18)21-17(25)12-11-15-13-20-24(14-15)16-8-6-4-7-9-16/h4,6-9,11-14H,2-3,5,10H2,1H3,(H,21,23,25)/b12-11+. The highest BCUT2D eigenvalue weighted by Crippen LogP contribution is 2.17. The maximum atomic E-state index is 12.0. The zero-order chi connectivity index (χ0) is 18.2. The van der Waals surface area contributed by atoms with Crippen LogP contribution >= 0.6 is 11.3 Å². The van der Waals surface area contributed by atoms with Crippen molar-refractivity contribution in [1.29, 1.82) is 0 Å². The van der Waals surface area contributed by atoms with Crippen molar-refractivity contribution in [2.45, 2.75) is 32.6 Å². The summed E-state index contributed by atoms with van der Waals surface area (Å²) in [6.07, 6.45) is 11.2. The highest BCUT2D eigenvalue weighted by molar-refractivity contribution is 7.15. The Bertz CT molecular complexity index is 869. The number of rotatable bonds is 8. The van der Waals surface area contributed by atoms with Crippen molar-refractivity contribution in [3.63, 3.8) is 0 Å². The number of carbonyl (C=O) groups excluding carboxylic acids is 1. The Kier molecular flexibility index (Phi) is 6.27. The van der Waals surface area contributed by atoms with Crippen molar-refractivity contribution in [1.82, 2.24) is 20.0 Å². The average Bonchev–Trinajstić information content (AvgIpc) is 3.31. The lowest BCUT2D eigenvalue weighted by molar-refractivity contribution is -0.111. The van der Waals surface area contributed by atoms with Crippen molar-refractivity contribution in [3.05, 3.63) is 59.4 Å². The molecule has 1 N–H and O–H groups in total. The third-order valence-electron chi connectivity index (χ3n) is 3.74. The maximum absolute atomic E-state index is 12.0. The summed E-state index contributed by atoms with van der Waals surface area (Å²) in [5.41, 5.74) is 1.82. The summed E-state index contributed by atoms with van der Waals surface area (Å²) in [7, 11) is 0. The number of nitrogens with zero attached hydrogens (tertiary/aromatic N) is 4. The van der Waals surface area contributed by atoms with E-state index in [1.165, 1.54) is 30.3 Å². The third-order valence-corrected chi connectivity index (χ3v) is 4.64. The van der Waals surface area contributed by atoms with Gasteiger partial charge < -0.3 is 0 Å². The lowest BCUT2D eigenvalue weighted by Crippen LogP contribution is -2.07. The molecule has 2 aromatic heterocycles. The van der Waals surface area contributed by atoms with Crippen LogP contribution in [0.15, 0.2) is 48.8 Å². The van der Waals surface area contributed by atoms with E-state index in [2.05, 4.69) is 27.5 Å². The molecule has 0 spiro atoms.